The van der Waals surface area contributed by atoms with Gasteiger partial charge in [-0.3, -0.25) is 10.4 Å². The molecule has 1 heterocycles. The van der Waals surface area contributed by atoms with Gasteiger partial charge in [0, 0.05) is 30.9 Å². The van der Waals surface area contributed by atoms with E-state index in [2.05, 4.69) is 52.1 Å². The lowest BCUT2D eigenvalue weighted by Crippen LogP contribution is -2.49. The number of pyridine rings is 1. The van der Waals surface area contributed by atoms with Crippen molar-refractivity contribution in [3.05, 3.63) is 90.1 Å². The molecule has 2 aromatic carbocycles. The Kier molecular flexibility index (Phi) is 7.90. The predicted octanol–water partition coefficient (Wildman–Crippen LogP) is 2.88. The zero-order valence-corrected chi connectivity index (χ0v) is 17.1. The number of rotatable bonds is 10. The summed E-state index contributed by atoms with van der Waals surface area (Å²) >= 11 is 0. The molecule has 0 saturated carbocycles. The van der Waals surface area contributed by atoms with Crippen LogP contribution in [0.3, 0.4) is 0 Å². The van der Waals surface area contributed by atoms with Crippen LogP contribution < -0.4 is 10.7 Å². The monoisotopic (exact) mass is 390 g/mol. The van der Waals surface area contributed by atoms with Crippen molar-refractivity contribution in [1.82, 2.24) is 20.7 Å². The Balaban J connectivity index is 1.59. The fourth-order valence-corrected chi connectivity index (χ4v) is 3.42. The molecule has 0 aliphatic heterocycles. The average molecular weight is 391 g/mol. The molecule has 0 fully saturated rings. The van der Waals surface area contributed by atoms with E-state index in [0.717, 1.165) is 17.7 Å². The van der Waals surface area contributed by atoms with Gasteiger partial charge >= 0.3 is 0 Å². The van der Waals surface area contributed by atoms with Gasteiger partial charge in [0.25, 0.3) is 0 Å². The molecule has 1 aromatic heterocycles. The maximum absolute atomic E-state index is 10.8. The van der Waals surface area contributed by atoms with E-state index in [-0.39, 0.29) is 6.04 Å². The number of hydrazine groups is 1. The number of hydrogen-bond donors (Lipinski definition) is 3. The van der Waals surface area contributed by atoms with Gasteiger partial charge < -0.3 is 10.4 Å². The Labute approximate surface area is 173 Å². The summed E-state index contributed by atoms with van der Waals surface area (Å²) in [5.41, 5.74) is 7.67. The smallest absolute Gasteiger partial charge is 0.0837 e. The molecule has 3 aromatic rings. The van der Waals surface area contributed by atoms with Gasteiger partial charge in [0.2, 0.25) is 0 Å². The second-order valence-electron chi connectivity index (χ2n) is 7.17. The number of nitrogens with one attached hydrogen (secondary N) is 2. The number of nitrogens with zero attached hydrogens (tertiary/aromatic N) is 2. The summed E-state index contributed by atoms with van der Waals surface area (Å²) in [4.78, 5) is 4.40. The van der Waals surface area contributed by atoms with Crippen molar-refractivity contribution in [3.63, 3.8) is 0 Å². The van der Waals surface area contributed by atoms with E-state index < -0.39 is 6.10 Å². The van der Waals surface area contributed by atoms with E-state index in [9.17, 15) is 5.11 Å². The molecule has 0 aliphatic rings. The summed E-state index contributed by atoms with van der Waals surface area (Å²) in [6.07, 6.45) is 2.09. The van der Waals surface area contributed by atoms with E-state index in [1.807, 2.05) is 55.5 Å². The second-order valence-corrected chi connectivity index (χ2v) is 7.17. The van der Waals surface area contributed by atoms with Crippen LogP contribution in [0.15, 0.2) is 79.0 Å². The van der Waals surface area contributed by atoms with Gasteiger partial charge in [0.15, 0.2) is 0 Å². The Morgan fingerprint density at radius 1 is 0.897 bits per heavy atom. The lowest BCUT2D eigenvalue weighted by Gasteiger charge is -2.29. The molecule has 3 rings (SSSR count). The zero-order chi connectivity index (χ0) is 20.5. The normalized spacial score (nSPS) is 13.4. The third-order valence-electron chi connectivity index (χ3n) is 5.15. The first kappa shape index (κ1) is 21.1. The Hall–Kier alpha value is -2.57. The highest BCUT2D eigenvalue weighted by molar-refractivity contribution is 5.58. The minimum atomic E-state index is -0.500. The van der Waals surface area contributed by atoms with Crippen LogP contribution in [0.2, 0.25) is 0 Å². The van der Waals surface area contributed by atoms with E-state index in [1.165, 1.54) is 11.1 Å². The lowest BCUT2D eigenvalue weighted by atomic mass is 10.0. The van der Waals surface area contributed by atoms with Crippen molar-refractivity contribution < 1.29 is 5.11 Å². The Morgan fingerprint density at radius 2 is 1.62 bits per heavy atom. The summed E-state index contributed by atoms with van der Waals surface area (Å²) in [5, 5.41) is 16.1. The molecule has 2 atom stereocenters. The standard InChI is InChI=1S/C24H30N4O/c1-25-23(16-19-8-4-3-5-9-19)24(29)18-28(26-2)17-20-11-13-21(14-12-20)22-10-6-7-15-27-22/h3-15,23-26,29H,16-18H2,1-2H3/t23?,24-/m0/s1. The number of likely N-dealkylation sites (N-methyl/N-ethyl adjacent to an activating group) is 1. The van der Waals surface area contributed by atoms with Crippen molar-refractivity contribution in [2.75, 3.05) is 20.6 Å². The van der Waals surface area contributed by atoms with Gasteiger partial charge in [-0.15, -0.1) is 0 Å². The molecule has 5 heteroatoms. The molecule has 1 unspecified atom stereocenters. The van der Waals surface area contributed by atoms with Gasteiger partial charge in [-0.2, -0.15) is 0 Å². The van der Waals surface area contributed by atoms with Crippen LogP contribution in [0.1, 0.15) is 11.1 Å². The summed E-state index contributed by atoms with van der Waals surface area (Å²) in [6, 6.07) is 24.6. The fourth-order valence-electron chi connectivity index (χ4n) is 3.42. The number of aliphatic hydroxyl groups is 1. The van der Waals surface area contributed by atoms with Crippen molar-refractivity contribution in [3.8, 4) is 11.3 Å². The van der Waals surface area contributed by atoms with Crippen LogP contribution in [0, 0.1) is 0 Å². The summed E-state index contributed by atoms with van der Waals surface area (Å²) < 4.78 is 0. The van der Waals surface area contributed by atoms with E-state index in [1.54, 1.807) is 6.20 Å². The van der Waals surface area contributed by atoms with Crippen LogP contribution >= 0.6 is 0 Å². The van der Waals surface area contributed by atoms with Crippen LogP contribution in [0.4, 0.5) is 0 Å². The number of aliphatic hydroxyl groups excluding tert-OH is 1. The first-order valence-electron chi connectivity index (χ1n) is 10.0. The van der Waals surface area contributed by atoms with Gasteiger partial charge in [-0.1, -0.05) is 60.7 Å². The highest BCUT2D eigenvalue weighted by atomic mass is 16.3. The van der Waals surface area contributed by atoms with Gasteiger partial charge in [0.05, 0.1) is 11.8 Å². The highest BCUT2D eigenvalue weighted by Gasteiger charge is 2.20. The molecule has 0 aliphatic carbocycles. The van der Waals surface area contributed by atoms with Crippen LogP contribution in [-0.4, -0.2) is 47.9 Å². The number of hydrogen-bond acceptors (Lipinski definition) is 5. The molecule has 0 amide bonds. The second kappa shape index (κ2) is 10.8. The van der Waals surface area contributed by atoms with Crippen molar-refractivity contribution in [2.45, 2.75) is 25.1 Å². The Bertz CT molecular complexity index is 840. The third-order valence-corrected chi connectivity index (χ3v) is 5.15. The quantitative estimate of drug-likeness (QED) is 0.465. The molecule has 0 bridgehead atoms. The van der Waals surface area contributed by atoms with Crippen LogP contribution in [0.25, 0.3) is 11.3 Å². The molecular weight excluding hydrogens is 360 g/mol. The van der Waals surface area contributed by atoms with Crippen LogP contribution in [-0.2, 0) is 13.0 Å². The lowest BCUT2D eigenvalue weighted by molar-refractivity contribution is 0.0586. The van der Waals surface area contributed by atoms with Crippen molar-refractivity contribution >= 4 is 0 Å². The molecule has 0 radical (unpaired) electrons. The molecule has 29 heavy (non-hydrogen) atoms. The largest absolute Gasteiger partial charge is 0.390 e. The van der Waals surface area contributed by atoms with E-state index >= 15 is 0 Å². The summed E-state index contributed by atoms with van der Waals surface area (Å²) in [7, 11) is 3.79. The number of benzene rings is 2. The van der Waals surface area contributed by atoms with Crippen LogP contribution in [0.5, 0.6) is 0 Å². The minimum absolute atomic E-state index is 0.0141. The average Bonchev–Trinajstić information content (AvgIpc) is 2.78. The molecule has 3 N–H and O–H groups in total. The first-order chi connectivity index (χ1) is 14.2. The van der Waals surface area contributed by atoms with Crippen molar-refractivity contribution in [2.24, 2.45) is 0 Å². The van der Waals surface area contributed by atoms with Gasteiger partial charge in [-0.25, -0.2) is 5.01 Å². The van der Waals surface area contributed by atoms with E-state index in [0.29, 0.717) is 13.1 Å². The van der Waals surface area contributed by atoms with E-state index in [4.69, 9.17) is 0 Å². The zero-order valence-electron chi connectivity index (χ0n) is 17.1. The molecular formula is C24H30N4O. The summed E-state index contributed by atoms with van der Waals surface area (Å²) in [5.74, 6) is 0. The Morgan fingerprint density at radius 3 is 2.24 bits per heavy atom. The fraction of sp³-hybridized carbons (Fsp3) is 0.292. The SMILES string of the molecule is CNC(Cc1ccccc1)[C@@H](O)CN(Cc1ccc(-c2ccccn2)cc1)NC. The molecule has 0 saturated heterocycles. The highest BCUT2D eigenvalue weighted by Crippen LogP contribution is 2.17. The maximum Gasteiger partial charge on any atom is 0.0837 e. The first-order valence-corrected chi connectivity index (χ1v) is 10.0. The van der Waals surface area contributed by atoms with Crippen molar-refractivity contribution in [1.29, 1.82) is 0 Å². The van der Waals surface area contributed by atoms with Gasteiger partial charge in [-0.05, 0) is 43.8 Å². The van der Waals surface area contributed by atoms with Gasteiger partial charge in [0.1, 0.15) is 0 Å². The maximum atomic E-state index is 10.8. The molecule has 5 nitrogen and oxygen atoms in total. The summed E-state index contributed by atoms with van der Waals surface area (Å²) in [6.45, 7) is 1.23. The molecule has 0 spiro atoms. The third kappa shape index (κ3) is 6.21. The predicted molar refractivity (Wildman–Crippen MR) is 118 cm³/mol. The minimum Gasteiger partial charge on any atom is -0.390 e. The topological polar surface area (TPSA) is 60.4 Å². The molecule has 152 valence electrons. The number of aromatic nitrogens is 1.